The Balaban J connectivity index is 3.12. The minimum atomic E-state index is -0.674. The van der Waals surface area contributed by atoms with Gasteiger partial charge in [0, 0.05) is 6.42 Å². The summed E-state index contributed by atoms with van der Waals surface area (Å²) in [6.45, 7) is 3.66. The molecule has 0 saturated heterocycles. The van der Waals surface area contributed by atoms with Crippen molar-refractivity contribution in [1.29, 1.82) is 0 Å². The first-order valence-electron chi connectivity index (χ1n) is 13.8. The molecule has 0 amide bonds. The number of rotatable bonds is 25. The Morgan fingerprint density at radius 2 is 0.719 bits per heavy atom. The summed E-state index contributed by atoms with van der Waals surface area (Å²) in [5, 5.41) is 17.7. The summed E-state index contributed by atoms with van der Waals surface area (Å²) in [5.74, 6) is -1.34. The van der Waals surface area contributed by atoms with Gasteiger partial charge in [0.15, 0.2) is 0 Å². The topological polar surface area (TPSA) is 74.6 Å². The van der Waals surface area contributed by atoms with Crippen LogP contribution in [0.2, 0.25) is 0 Å². The van der Waals surface area contributed by atoms with E-state index >= 15 is 0 Å². The molecule has 0 aromatic heterocycles. The average Bonchev–Trinajstić information content (AvgIpc) is 2.73. The molecule has 0 aliphatic heterocycles. The van der Waals surface area contributed by atoms with E-state index in [9.17, 15) is 9.59 Å². The van der Waals surface area contributed by atoms with Gasteiger partial charge in [0.1, 0.15) is 0 Å². The van der Waals surface area contributed by atoms with E-state index in [1.54, 1.807) is 0 Å². The SMILES string of the molecule is CC(C)(CCCCCCCCCCCCCCCCCCCCCCCC(=O)O)C(=O)O. The Hall–Kier alpha value is -1.06. The molecule has 0 atom stereocenters. The summed E-state index contributed by atoms with van der Waals surface area (Å²) in [6, 6.07) is 0. The molecule has 0 unspecified atom stereocenters. The monoisotopic (exact) mass is 454 g/mol. The minimum absolute atomic E-state index is 0.331. The van der Waals surface area contributed by atoms with Crippen LogP contribution in [-0.2, 0) is 9.59 Å². The van der Waals surface area contributed by atoms with E-state index in [0.717, 1.165) is 25.7 Å². The second-order valence-corrected chi connectivity index (χ2v) is 10.5. The Bertz CT molecular complexity index is 445. The number of aliphatic carboxylic acids is 2. The fourth-order valence-corrected chi connectivity index (χ4v) is 4.31. The van der Waals surface area contributed by atoms with Gasteiger partial charge < -0.3 is 10.2 Å². The molecular formula is C28H54O4. The van der Waals surface area contributed by atoms with Crippen LogP contribution in [-0.4, -0.2) is 22.2 Å². The fourth-order valence-electron chi connectivity index (χ4n) is 4.31. The van der Waals surface area contributed by atoms with Crippen molar-refractivity contribution in [3.05, 3.63) is 0 Å². The summed E-state index contributed by atoms with van der Waals surface area (Å²) in [4.78, 5) is 21.5. The van der Waals surface area contributed by atoms with E-state index in [-0.39, 0.29) is 0 Å². The van der Waals surface area contributed by atoms with E-state index in [2.05, 4.69) is 0 Å². The fraction of sp³-hybridized carbons (Fsp3) is 0.929. The predicted octanol–water partition coefficient (Wildman–Crippen LogP) is 9.15. The lowest BCUT2D eigenvalue weighted by Gasteiger charge is -2.18. The lowest BCUT2D eigenvalue weighted by molar-refractivity contribution is -0.147. The van der Waals surface area contributed by atoms with Crippen LogP contribution in [0.25, 0.3) is 0 Å². The third-order valence-electron chi connectivity index (χ3n) is 6.77. The lowest BCUT2D eigenvalue weighted by Crippen LogP contribution is -2.23. The van der Waals surface area contributed by atoms with Crippen molar-refractivity contribution < 1.29 is 19.8 Å². The highest BCUT2D eigenvalue weighted by Gasteiger charge is 2.25. The molecule has 0 heterocycles. The smallest absolute Gasteiger partial charge is 0.309 e. The van der Waals surface area contributed by atoms with Crippen LogP contribution in [0.1, 0.15) is 162 Å². The van der Waals surface area contributed by atoms with Crippen molar-refractivity contribution in [3.8, 4) is 0 Å². The molecular weight excluding hydrogens is 400 g/mol. The Morgan fingerprint density at radius 3 is 0.969 bits per heavy atom. The summed E-state index contributed by atoms with van der Waals surface area (Å²) in [7, 11) is 0. The molecule has 190 valence electrons. The Labute approximate surface area is 199 Å². The molecule has 0 bridgehead atoms. The third-order valence-corrected chi connectivity index (χ3v) is 6.77. The molecule has 0 aromatic rings. The van der Waals surface area contributed by atoms with E-state index in [1.165, 1.54) is 116 Å². The van der Waals surface area contributed by atoms with Gasteiger partial charge in [-0.25, -0.2) is 0 Å². The zero-order valence-corrected chi connectivity index (χ0v) is 21.5. The predicted molar refractivity (Wildman–Crippen MR) is 135 cm³/mol. The lowest BCUT2D eigenvalue weighted by atomic mass is 9.87. The van der Waals surface area contributed by atoms with Gasteiger partial charge in [-0.2, -0.15) is 0 Å². The summed E-state index contributed by atoms with van der Waals surface area (Å²) in [6.07, 6.45) is 28.1. The van der Waals surface area contributed by atoms with Gasteiger partial charge in [-0.1, -0.05) is 128 Å². The van der Waals surface area contributed by atoms with Gasteiger partial charge >= 0.3 is 11.9 Å². The van der Waals surface area contributed by atoms with Crippen LogP contribution in [0.15, 0.2) is 0 Å². The first-order valence-corrected chi connectivity index (χ1v) is 13.8. The molecule has 0 aromatic carbocycles. The number of carboxylic acids is 2. The van der Waals surface area contributed by atoms with Crippen molar-refractivity contribution in [2.45, 2.75) is 162 Å². The maximum atomic E-state index is 11.1. The van der Waals surface area contributed by atoms with E-state index in [0.29, 0.717) is 6.42 Å². The molecule has 0 saturated carbocycles. The van der Waals surface area contributed by atoms with Crippen LogP contribution in [0.5, 0.6) is 0 Å². The van der Waals surface area contributed by atoms with Gasteiger partial charge in [0.2, 0.25) is 0 Å². The first kappa shape index (κ1) is 30.9. The van der Waals surface area contributed by atoms with Crippen LogP contribution in [0.4, 0.5) is 0 Å². The molecule has 0 aliphatic carbocycles. The van der Waals surface area contributed by atoms with Crippen molar-refractivity contribution in [1.82, 2.24) is 0 Å². The first-order chi connectivity index (χ1) is 15.4. The number of carboxylic acid groups (broad SMARTS) is 2. The molecule has 2 N–H and O–H groups in total. The highest BCUT2D eigenvalue weighted by molar-refractivity contribution is 5.73. The Kier molecular flexibility index (Phi) is 21.0. The standard InChI is InChI=1S/C28H54O4/c1-28(2,27(31)32)25-23-21-19-17-15-13-11-9-7-5-3-4-6-8-10-12-14-16-18-20-22-24-26(29)30/h3-25H2,1-2H3,(H,29,30)(H,31,32). The van der Waals surface area contributed by atoms with Crippen LogP contribution in [0, 0.1) is 5.41 Å². The second-order valence-electron chi connectivity index (χ2n) is 10.5. The van der Waals surface area contributed by atoms with Gasteiger partial charge in [-0.05, 0) is 26.7 Å². The van der Waals surface area contributed by atoms with E-state index < -0.39 is 17.4 Å². The zero-order valence-electron chi connectivity index (χ0n) is 21.5. The quantitative estimate of drug-likeness (QED) is 0.135. The van der Waals surface area contributed by atoms with Crippen LogP contribution >= 0.6 is 0 Å². The van der Waals surface area contributed by atoms with Crippen molar-refractivity contribution in [2.24, 2.45) is 5.41 Å². The number of hydrogen-bond donors (Lipinski definition) is 2. The molecule has 4 heteroatoms. The molecule has 0 radical (unpaired) electrons. The number of carbonyl (C=O) groups is 2. The van der Waals surface area contributed by atoms with E-state index in [4.69, 9.17) is 10.2 Å². The van der Waals surface area contributed by atoms with Crippen LogP contribution in [0.3, 0.4) is 0 Å². The molecule has 0 fully saturated rings. The molecule has 0 aliphatic rings. The zero-order chi connectivity index (χ0) is 23.9. The molecule has 32 heavy (non-hydrogen) atoms. The minimum Gasteiger partial charge on any atom is -0.481 e. The van der Waals surface area contributed by atoms with Gasteiger partial charge in [0.05, 0.1) is 5.41 Å². The summed E-state index contributed by atoms with van der Waals surface area (Å²) >= 11 is 0. The average molecular weight is 455 g/mol. The molecule has 0 spiro atoms. The Morgan fingerprint density at radius 1 is 0.469 bits per heavy atom. The number of unbranched alkanes of at least 4 members (excludes halogenated alkanes) is 20. The van der Waals surface area contributed by atoms with Crippen LogP contribution < -0.4 is 0 Å². The van der Waals surface area contributed by atoms with Gasteiger partial charge in [-0.3, -0.25) is 9.59 Å². The normalized spacial score (nSPS) is 11.7. The summed E-state index contributed by atoms with van der Waals surface area (Å²) < 4.78 is 0. The maximum absolute atomic E-state index is 11.1. The molecule has 4 nitrogen and oxygen atoms in total. The largest absolute Gasteiger partial charge is 0.481 e. The maximum Gasteiger partial charge on any atom is 0.309 e. The van der Waals surface area contributed by atoms with Crippen molar-refractivity contribution >= 4 is 11.9 Å². The van der Waals surface area contributed by atoms with Crippen molar-refractivity contribution in [3.63, 3.8) is 0 Å². The van der Waals surface area contributed by atoms with Gasteiger partial charge in [-0.15, -0.1) is 0 Å². The second kappa shape index (κ2) is 21.8. The highest BCUT2D eigenvalue weighted by Crippen LogP contribution is 2.24. The van der Waals surface area contributed by atoms with E-state index in [1.807, 2.05) is 13.8 Å². The van der Waals surface area contributed by atoms with Gasteiger partial charge in [0.25, 0.3) is 0 Å². The molecule has 0 rings (SSSR count). The van der Waals surface area contributed by atoms with Crippen molar-refractivity contribution in [2.75, 3.05) is 0 Å². The highest BCUT2D eigenvalue weighted by atomic mass is 16.4. The summed E-state index contributed by atoms with van der Waals surface area (Å²) in [5.41, 5.74) is -0.563. The third kappa shape index (κ3) is 22.1. The number of hydrogen-bond acceptors (Lipinski definition) is 2.